The average Bonchev–Trinajstić information content (AvgIpc) is 2.38. The van der Waals surface area contributed by atoms with E-state index in [4.69, 9.17) is 0 Å². The summed E-state index contributed by atoms with van der Waals surface area (Å²) < 4.78 is 82.7. The third-order valence-corrected chi connectivity index (χ3v) is 11.0. The Hall–Kier alpha value is -0.203. The Morgan fingerprint density at radius 1 is 0.524 bits per heavy atom. The topological polar surface area (TPSA) is 0 Å². The first-order chi connectivity index (χ1) is 9.71. The first-order valence-corrected chi connectivity index (χ1v) is 10.00. The van der Waals surface area contributed by atoms with Crippen LogP contribution in [0, 0.1) is 0 Å². The van der Waals surface area contributed by atoms with E-state index in [1.54, 1.807) is 0 Å². The number of alkyl halides is 6. The van der Waals surface area contributed by atoms with E-state index in [1.165, 1.54) is 0 Å². The maximum absolute atomic E-state index is 13.8. The predicted octanol–water partition coefficient (Wildman–Crippen LogP) is 6.31. The van der Waals surface area contributed by atoms with Crippen molar-refractivity contribution < 1.29 is 26.3 Å². The highest BCUT2D eigenvalue weighted by molar-refractivity contribution is 6.86. The zero-order chi connectivity index (χ0) is 15.7. The van der Waals surface area contributed by atoms with E-state index in [2.05, 4.69) is 0 Å². The molecule has 0 unspecified atom stereocenters. The molecule has 0 atom stereocenters. The van der Waals surface area contributed by atoms with Gasteiger partial charge in [-0.25, -0.2) is 0 Å². The van der Waals surface area contributed by atoms with Gasteiger partial charge >= 0.3 is 19.7 Å². The minimum absolute atomic E-state index is 0.113. The lowest BCUT2D eigenvalue weighted by Gasteiger charge is -2.48. The minimum Gasteiger partial charge on any atom is -0.176 e. The zero-order valence-electron chi connectivity index (χ0n) is 12.0. The fraction of sp³-hybridized carbons (Fsp3) is 1.00. The quantitative estimate of drug-likeness (QED) is 0.411. The molecule has 0 radical (unpaired) electrons. The Bertz CT molecular complexity index is 302. The lowest BCUT2D eigenvalue weighted by Crippen LogP contribution is -2.68. The summed E-state index contributed by atoms with van der Waals surface area (Å²) in [4.78, 5) is 0. The summed E-state index contributed by atoms with van der Waals surface area (Å²) in [6, 6.07) is 0. The molecule has 2 saturated carbocycles. The first kappa shape index (κ1) is 17.2. The Kier molecular flexibility index (Phi) is 5.00. The highest BCUT2D eigenvalue weighted by atomic mass is 28.3. The van der Waals surface area contributed by atoms with Crippen LogP contribution >= 0.6 is 0 Å². The van der Waals surface area contributed by atoms with Crippen molar-refractivity contribution in [2.24, 2.45) is 0 Å². The second-order valence-corrected chi connectivity index (χ2v) is 11.0. The van der Waals surface area contributed by atoms with Gasteiger partial charge in [-0.1, -0.05) is 64.2 Å². The van der Waals surface area contributed by atoms with Gasteiger partial charge in [-0.2, -0.15) is 26.3 Å². The van der Waals surface area contributed by atoms with E-state index >= 15 is 0 Å². The van der Waals surface area contributed by atoms with Gasteiger partial charge < -0.3 is 0 Å². The zero-order valence-corrected chi connectivity index (χ0v) is 13.0. The molecule has 124 valence electrons. The highest BCUT2D eigenvalue weighted by Crippen LogP contribution is 2.60. The van der Waals surface area contributed by atoms with E-state index in [0.717, 1.165) is 12.8 Å². The van der Waals surface area contributed by atoms with Gasteiger partial charge in [0.05, 0.1) is 0 Å². The van der Waals surface area contributed by atoms with Crippen molar-refractivity contribution in [2.75, 3.05) is 0 Å². The molecule has 2 aliphatic carbocycles. The van der Waals surface area contributed by atoms with Crippen molar-refractivity contribution in [1.82, 2.24) is 0 Å². The molecule has 2 rings (SSSR count). The summed E-state index contributed by atoms with van der Waals surface area (Å²) in [5, 5.41) is 0. The predicted molar refractivity (Wildman–Crippen MR) is 71.5 cm³/mol. The van der Waals surface area contributed by atoms with Crippen molar-refractivity contribution >= 4 is 8.07 Å². The molecule has 0 spiro atoms. The number of rotatable bonds is 2. The molecule has 0 aromatic carbocycles. The van der Waals surface area contributed by atoms with E-state index in [9.17, 15) is 26.3 Å². The van der Waals surface area contributed by atoms with Crippen molar-refractivity contribution in [3.8, 4) is 0 Å². The Balaban J connectivity index is 2.47. The third-order valence-electron chi connectivity index (χ3n) is 5.44. The van der Waals surface area contributed by atoms with E-state index in [0.29, 0.717) is 25.7 Å². The normalized spacial score (nSPS) is 24.3. The van der Waals surface area contributed by atoms with E-state index in [1.807, 2.05) is 0 Å². The molecule has 21 heavy (non-hydrogen) atoms. The number of hydrogen-bond acceptors (Lipinski definition) is 0. The van der Waals surface area contributed by atoms with Crippen LogP contribution in [0.5, 0.6) is 0 Å². The molecule has 7 heteroatoms. The first-order valence-electron chi connectivity index (χ1n) is 7.84. The summed E-state index contributed by atoms with van der Waals surface area (Å²) in [5.41, 5.74) is -2.32. The number of halogens is 6. The lowest BCUT2D eigenvalue weighted by molar-refractivity contribution is -0.120. The molecule has 0 bridgehead atoms. The van der Waals surface area contributed by atoms with Crippen molar-refractivity contribution in [3.05, 3.63) is 0 Å². The molecule has 0 saturated heterocycles. The van der Waals surface area contributed by atoms with Gasteiger partial charge in [-0.3, -0.25) is 0 Å². The Morgan fingerprint density at radius 2 is 0.810 bits per heavy atom. The molecule has 2 aliphatic rings. The van der Waals surface area contributed by atoms with E-state index < -0.39 is 30.8 Å². The smallest absolute Gasteiger partial charge is 0.176 e. The molecule has 0 aromatic heterocycles. The maximum atomic E-state index is 13.8. The van der Waals surface area contributed by atoms with E-state index in [-0.39, 0.29) is 25.7 Å². The Labute approximate surface area is 122 Å². The molecular formula is C14H22F6Si. The summed E-state index contributed by atoms with van der Waals surface area (Å²) in [7, 11) is -5.40. The van der Waals surface area contributed by atoms with Crippen molar-refractivity contribution in [2.45, 2.75) is 86.9 Å². The van der Waals surface area contributed by atoms with Crippen LogP contribution in [-0.2, 0) is 0 Å². The molecule has 0 amide bonds. The average molecular weight is 332 g/mol. The molecule has 0 nitrogen and oxygen atoms in total. The largest absolute Gasteiger partial charge is 0.372 e. The SMILES string of the molecule is FC(F)(F)[Si](C1CCCCC1)(C1CCCCC1)C(F)(F)F. The molecule has 0 aromatic rings. The van der Waals surface area contributed by atoms with Crippen LogP contribution in [0.1, 0.15) is 64.2 Å². The minimum atomic E-state index is -5.40. The number of hydrogen-bond donors (Lipinski definition) is 0. The third kappa shape index (κ3) is 2.99. The van der Waals surface area contributed by atoms with Gasteiger partial charge in [0.25, 0.3) is 0 Å². The van der Waals surface area contributed by atoms with Gasteiger partial charge in [0.15, 0.2) is 0 Å². The molecule has 0 aliphatic heterocycles. The van der Waals surface area contributed by atoms with Gasteiger partial charge in [-0.05, 0) is 11.1 Å². The maximum Gasteiger partial charge on any atom is 0.372 e. The summed E-state index contributed by atoms with van der Waals surface area (Å²) in [5.74, 6) is -10.1. The van der Waals surface area contributed by atoms with Crippen LogP contribution in [-0.4, -0.2) is 19.7 Å². The molecule has 2 fully saturated rings. The second-order valence-electron chi connectivity index (χ2n) is 6.53. The van der Waals surface area contributed by atoms with Crippen molar-refractivity contribution in [1.29, 1.82) is 0 Å². The fourth-order valence-corrected chi connectivity index (χ4v) is 10.0. The van der Waals surface area contributed by atoms with Gasteiger partial charge in [0, 0.05) is 0 Å². The Morgan fingerprint density at radius 3 is 1.05 bits per heavy atom. The van der Waals surface area contributed by atoms with Crippen LogP contribution in [0.2, 0.25) is 11.1 Å². The molecule has 0 N–H and O–H groups in total. The van der Waals surface area contributed by atoms with Crippen LogP contribution in [0.15, 0.2) is 0 Å². The lowest BCUT2D eigenvalue weighted by atomic mass is 9.99. The second kappa shape index (κ2) is 6.12. The van der Waals surface area contributed by atoms with Crippen LogP contribution < -0.4 is 0 Å². The van der Waals surface area contributed by atoms with Crippen LogP contribution in [0.3, 0.4) is 0 Å². The summed E-state index contributed by atoms with van der Waals surface area (Å²) >= 11 is 0. The molecular weight excluding hydrogens is 310 g/mol. The summed E-state index contributed by atoms with van der Waals surface area (Å²) in [6.45, 7) is 0. The van der Waals surface area contributed by atoms with Gasteiger partial charge in [0.2, 0.25) is 0 Å². The van der Waals surface area contributed by atoms with Gasteiger partial charge in [0.1, 0.15) is 0 Å². The van der Waals surface area contributed by atoms with Crippen LogP contribution in [0.25, 0.3) is 0 Å². The van der Waals surface area contributed by atoms with Crippen molar-refractivity contribution in [3.63, 3.8) is 0 Å². The highest BCUT2D eigenvalue weighted by Gasteiger charge is 2.78. The standard InChI is InChI=1S/C14H22F6Si/c15-13(16,17)21(14(18,19)20,11-7-3-1-4-8-11)12-9-5-2-6-10-12/h11-12H,1-10H2. The monoisotopic (exact) mass is 332 g/mol. The van der Waals surface area contributed by atoms with Gasteiger partial charge in [-0.15, -0.1) is 0 Å². The van der Waals surface area contributed by atoms with Crippen LogP contribution in [0.4, 0.5) is 26.3 Å². The summed E-state index contributed by atoms with van der Waals surface area (Å²) in [6.07, 6.45) is 4.03. The molecule has 0 heterocycles. The fourth-order valence-electron chi connectivity index (χ4n) is 4.54.